The fraction of sp³-hybridized carbons (Fsp3) is 0.182. The molecule has 4 heterocycles. The summed E-state index contributed by atoms with van der Waals surface area (Å²) >= 11 is 0. The Morgan fingerprint density at radius 3 is 2.72 bits per heavy atom. The van der Waals surface area contributed by atoms with Crippen LogP contribution in [0.25, 0.3) is 16.6 Å². The van der Waals surface area contributed by atoms with Gasteiger partial charge in [0.1, 0.15) is 17.0 Å². The Hall–Kier alpha value is -3.92. The van der Waals surface area contributed by atoms with Crippen LogP contribution in [0.15, 0.2) is 49.2 Å². The highest BCUT2D eigenvalue weighted by atomic mass is 16.5. The number of carbonyl (C=O) groups is 1. The molecule has 0 N–H and O–H groups in total. The van der Waals surface area contributed by atoms with Crippen LogP contribution in [0.5, 0.6) is 5.75 Å². The minimum absolute atomic E-state index is 0.0689. The van der Waals surface area contributed by atoms with E-state index in [9.17, 15) is 4.79 Å². The summed E-state index contributed by atoms with van der Waals surface area (Å²) in [7, 11) is 3.51. The normalized spacial score (nSPS) is 10.6. The second-order valence-corrected chi connectivity index (χ2v) is 6.72. The van der Waals surface area contributed by atoms with Gasteiger partial charge >= 0.3 is 0 Å². The maximum Gasteiger partial charge on any atom is 0.146 e. The van der Waals surface area contributed by atoms with Crippen molar-refractivity contribution in [3.8, 4) is 28.7 Å². The summed E-state index contributed by atoms with van der Waals surface area (Å²) < 4.78 is 9.12. The van der Waals surface area contributed by atoms with Crippen LogP contribution < -0.4 is 4.74 Å². The molecular formula is C22H19N5O2. The van der Waals surface area contributed by atoms with E-state index in [4.69, 9.17) is 4.74 Å². The number of hydrogen-bond donors (Lipinski definition) is 0. The molecule has 0 aliphatic rings. The highest BCUT2D eigenvalue weighted by Gasteiger charge is 2.12. The predicted octanol–water partition coefficient (Wildman–Crippen LogP) is 2.67. The number of pyridine rings is 2. The van der Waals surface area contributed by atoms with Crippen molar-refractivity contribution in [1.82, 2.24) is 24.4 Å². The Labute approximate surface area is 168 Å². The number of aryl methyl sites for hydroxylation is 1. The molecule has 4 aromatic heterocycles. The summed E-state index contributed by atoms with van der Waals surface area (Å²) in [5, 5.41) is 8.66. The number of aromatic nitrogens is 5. The number of carbonyl (C=O) groups excluding carboxylic acids is 1. The Morgan fingerprint density at radius 2 is 2.00 bits per heavy atom. The van der Waals surface area contributed by atoms with E-state index in [1.807, 2.05) is 37.6 Å². The second-order valence-electron chi connectivity index (χ2n) is 6.72. The van der Waals surface area contributed by atoms with Gasteiger partial charge in [-0.25, -0.2) is 4.52 Å². The van der Waals surface area contributed by atoms with Crippen LogP contribution in [0, 0.1) is 11.8 Å². The van der Waals surface area contributed by atoms with E-state index in [0.717, 1.165) is 27.8 Å². The maximum atomic E-state index is 11.3. The van der Waals surface area contributed by atoms with E-state index in [-0.39, 0.29) is 5.78 Å². The van der Waals surface area contributed by atoms with Gasteiger partial charge in [0.25, 0.3) is 0 Å². The van der Waals surface area contributed by atoms with E-state index in [0.29, 0.717) is 17.9 Å². The molecule has 0 aromatic carbocycles. The lowest BCUT2D eigenvalue weighted by Crippen LogP contribution is -1.99. The maximum absolute atomic E-state index is 11.3. The van der Waals surface area contributed by atoms with Gasteiger partial charge in [0.15, 0.2) is 0 Å². The van der Waals surface area contributed by atoms with Crippen LogP contribution in [-0.4, -0.2) is 37.3 Å². The number of ketones is 1. The van der Waals surface area contributed by atoms with Gasteiger partial charge in [-0.05, 0) is 25.1 Å². The molecule has 0 unspecified atom stereocenters. The smallest absolute Gasteiger partial charge is 0.146 e. The van der Waals surface area contributed by atoms with Gasteiger partial charge in [0, 0.05) is 54.4 Å². The molecule has 144 valence electrons. The average Bonchev–Trinajstić information content (AvgIpc) is 3.31. The molecule has 0 fully saturated rings. The summed E-state index contributed by atoms with van der Waals surface area (Å²) in [6.45, 7) is 1.55. The molecule has 7 heteroatoms. The number of hydrogen-bond acceptors (Lipinski definition) is 5. The standard InChI is InChI=1S/C22H19N5O2/c1-15(28)8-20-9-16(6-7-23-20)4-5-17-11-25-27-14-18(10-21(29-3)22(17)27)19-12-24-26(2)13-19/h6-7,9-14H,8H2,1-3H3. The molecule has 7 nitrogen and oxygen atoms in total. The Kier molecular flexibility index (Phi) is 4.83. The van der Waals surface area contributed by atoms with Gasteiger partial charge in [-0.1, -0.05) is 11.8 Å². The minimum Gasteiger partial charge on any atom is -0.494 e. The topological polar surface area (TPSA) is 74.3 Å². The van der Waals surface area contributed by atoms with Crippen molar-refractivity contribution in [2.24, 2.45) is 7.05 Å². The third-order valence-corrected chi connectivity index (χ3v) is 4.42. The summed E-state index contributed by atoms with van der Waals surface area (Å²) in [4.78, 5) is 15.5. The van der Waals surface area contributed by atoms with Gasteiger partial charge in [0.05, 0.1) is 25.1 Å². The molecule has 0 spiro atoms. The summed E-state index contributed by atoms with van der Waals surface area (Å²) in [5.41, 5.74) is 4.98. The zero-order valence-electron chi connectivity index (χ0n) is 16.4. The van der Waals surface area contributed by atoms with Crippen LogP contribution in [0.4, 0.5) is 0 Å². The van der Waals surface area contributed by atoms with Crippen LogP contribution in [0.1, 0.15) is 23.7 Å². The lowest BCUT2D eigenvalue weighted by atomic mass is 10.1. The molecule has 0 atom stereocenters. The Morgan fingerprint density at radius 1 is 1.14 bits per heavy atom. The lowest BCUT2D eigenvalue weighted by Gasteiger charge is -2.06. The molecule has 0 aliphatic carbocycles. The van der Waals surface area contributed by atoms with E-state index >= 15 is 0 Å². The summed E-state index contributed by atoms with van der Waals surface area (Å²) in [5.74, 6) is 7.04. The molecular weight excluding hydrogens is 366 g/mol. The van der Waals surface area contributed by atoms with Crippen molar-refractivity contribution in [3.05, 3.63) is 66.0 Å². The number of methoxy groups -OCH3 is 1. The molecule has 0 aliphatic heterocycles. The summed E-state index contributed by atoms with van der Waals surface area (Å²) in [6.07, 6.45) is 9.35. The quantitative estimate of drug-likeness (QED) is 0.505. The zero-order chi connectivity index (χ0) is 20.4. The third kappa shape index (κ3) is 3.87. The molecule has 0 radical (unpaired) electrons. The van der Waals surface area contributed by atoms with Gasteiger partial charge in [-0.2, -0.15) is 10.2 Å². The monoisotopic (exact) mass is 385 g/mol. The van der Waals surface area contributed by atoms with E-state index < -0.39 is 0 Å². The molecule has 4 aromatic rings. The Bertz CT molecular complexity index is 1270. The van der Waals surface area contributed by atoms with Crippen molar-refractivity contribution >= 4 is 11.3 Å². The van der Waals surface area contributed by atoms with E-state index in [1.54, 1.807) is 41.8 Å². The first-order valence-corrected chi connectivity index (χ1v) is 9.04. The van der Waals surface area contributed by atoms with E-state index in [1.165, 1.54) is 0 Å². The number of ether oxygens (including phenoxy) is 1. The highest BCUT2D eigenvalue weighted by molar-refractivity contribution is 5.78. The van der Waals surface area contributed by atoms with Crippen LogP contribution in [-0.2, 0) is 18.3 Å². The van der Waals surface area contributed by atoms with E-state index in [2.05, 4.69) is 27.0 Å². The van der Waals surface area contributed by atoms with Crippen molar-refractivity contribution in [3.63, 3.8) is 0 Å². The average molecular weight is 385 g/mol. The Balaban J connectivity index is 1.73. The third-order valence-electron chi connectivity index (χ3n) is 4.42. The molecule has 0 amide bonds. The number of Topliss-reactive ketones (excluding diaryl/α,β-unsaturated/α-hetero) is 1. The van der Waals surface area contributed by atoms with Crippen LogP contribution >= 0.6 is 0 Å². The van der Waals surface area contributed by atoms with Crippen molar-refractivity contribution in [2.75, 3.05) is 7.11 Å². The minimum atomic E-state index is 0.0689. The number of rotatable bonds is 4. The van der Waals surface area contributed by atoms with Gasteiger partial charge in [-0.3, -0.25) is 14.5 Å². The second kappa shape index (κ2) is 7.60. The molecule has 29 heavy (non-hydrogen) atoms. The fourth-order valence-corrected chi connectivity index (χ4v) is 3.11. The van der Waals surface area contributed by atoms with Crippen molar-refractivity contribution in [1.29, 1.82) is 0 Å². The van der Waals surface area contributed by atoms with Crippen molar-refractivity contribution < 1.29 is 9.53 Å². The fourth-order valence-electron chi connectivity index (χ4n) is 3.11. The highest BCUT2D eigenvalue weighted by Crippen LogP contribution is 2.29. The number of fused-ring (bicyclic) bond motifs is 1. The van der Waals surface area contributed by atoms with Gasteiger partial charge in [0.2, 0.25) is 0 Å². The van der Waals surface area contributed by atoms with Crippen LogP contribution in [0.2, 0.25) is 0 Å². The number of nitrogens with zero attached hydrogens (tertiary/aromatic N) is 5. The largest absolute Gasteiger partial charge is 0.494 e. The van der Waals surface area contributed by atoms with Gasteiger partial charge in [-0.15, -0.1) is 0 Å². The van der Waals surface area contributed by atoms with Gasteiger partial charge < -0.3 is 4.74 Å². The first-order valence-electron chi connectivity index (χ1n) is 9.04. The van der Waals surface area contributed by atoms with Crippen LogP contribution in [0.3, 0.4) is 0 Å². The first kappa shape index (κ1) is 18.4. The predicted molar refractivity (Wildman–Crippen MR) is 109 cm³/mol. The first-order chi connectivity index (χ1) is 14.0. The molecule has 4 rings (SSSR count). The molecule has 0 saturated carbocycles. The summed E-state index contributed by atoms with van der Waals surface area (Å²) in [6, 6.07) is 5.61. The lowest BCUT2D eigenvalue weighted by molar-refractivity contribution is -0.116. The molecule has 0 saturated heterocycles. The van der Waals surface area contributed by atoms with Crippen molar-refractivity contribution in [2.45, 2.75) is 13.3 Å². The zero-order valence-corrected chi connectivity index (χ0v) is 16.4. The molecule has 0 bridgehead atoms. The SMILES string of the molecule is COc1cc(-c2cnn(C)c2)cn2ncc(C#Cc3ccnc(CC(C)=O)c3)c12.